The predicted octanol–water partition coefficient (Wildman–Crippen LogP) is 5.73. The summed E-state index contributed by atoms with van der Waals surface area (Å²) in [6, 6.07) is 20.7. The van der Waals surface area contributed by atoms with Gasteiger partial charge in [-0.25, -0.2) is 4.79 Å². The lowest BCUT2D eigenvalue weighted by Crippen LogP contribution is -2.29. The van der Waals surface area contributed by atoms with Crippen LogP contribution in [0, 0.1) is 0 Å². The molecule has 2 heterocycles. The largest absolute Gasteiger partial charge is 0.495 e. The Labute approximate surface area is 201 Å². The Kier molecular flexibility index (Phi) is 5.89. The van der Waals surface area contributed by atoms with Crippen molar-refractivity contribution in [3.05, 3.63) is 84.6 Å². The molecular weight excluding hydrogens is 444 g/mol. The number of pyridine rings is 1. The number of rotatable bonds is 6. The van der Waals surface area contributed by atoms with Gasteiger partial charge in [-0.15, -0.1) is 0 Å². The van der Waals surface area contributed by atoms with Crippen LogP contribution >= 0.6 is 0 Å². The summed E-state index contributed by atoms with van der Waals surface area (Å²) in [6.07, 6.45) is 3.57. The average Bonchev–Trinajstić information content (AvgIpc) is 3.24. The molecule has 0 radical (unpaired) electrons. The van der Waals surface area contributed by atoms with Gasteiger partial charge in [0.05, 0.1) is 18.3 Å². The number of esters is 1. The van der Waals surface area contributed by atoms with E-state index in [0.29, 0.717) is 17.0 Å². The first kappa shape index (κ1) is 22.2. The molecule has 0 spiro atoms. The third kappa shape index (κ3) is 4.44. The minimum atomic E-state index is -1.03. The molecule has 0 saturated carbocycles. The molecule has 0 aliphatic heterocycles. The van der Waals surface area contributed by atoms with Crippen molar-refractivity contribution in [1.29, 1.82) is 0 Å². The molecule has 1 N–H and O–H groups in total. The molecule has 0 fully saturated rings. The van der Waals surface area contributed by atoms with E-state index in [9.17, 15) is 9.59 Å². The number of fused-ring (bicyclic) bond motifs is 4. The van der Waals surface area contributed by atoms with Gasteiger partial charge in [-0.2, -0.15) is 0 Å². The second-order valence-corrected chi connectivity index (χ2v) is 7.97. The fourth-order valence-corrected chi connectivity index (χ4v) is 3.94. The lowest BCUT2D eigenvalue weighted by atomic mass is 10.1. The molecule has 2 aromatic heterocycles. The van der Waals surface area contributed by atoms with Gasteiger partial charge in [0, 0.05) is 40.1 Å². The van der Waals surface area contributed by atoms with Gasteiger partial charge in [-0.3, -0.25) is 9.78 Å². The fraction of sp³-hybridized carbons (Fsp3) is 0.107. The molecule has 0 aliphatic rings. The maximum absolute atomic E-state index is 12.8. The van der Waals surface area contributed by atoms with E-state index in [-0.39, 0.29) is 0 Å². The molecule has 1 atom stereocenters. The van der Waals surface area contributed by atoms with Gasteiger partial charge in [-0.05, 0) is 31.2 Å². The number of ether oxygens (including phenoxy) is 2. The van der Waals surface area contributed by atoms with Crippen molar-refractivity contribution >= 4 is 56.5 Å². The number of carbonyl (C=O) groups is 2. The van der Waals surface area contributed by atoms with Gasteiger partial charge in [0.15, 0.2) is 6.10 Å². The summed E-state index contributed by atoms with van der Waals surface area (Å²) in [5, 5.41) is 5.56. The van der Waals surface area contributed by atoms with E-state index in [1.807, 2.05) is 60.7 Å². The van der Waals surface area contributed by atoms with Crippen LogP contribution in [0.4, 0.5) is 5.69 Å². The minimum Gasteiger partial charge on any atom is -0.495 e. The van der Waals surface area contributed by atoms with Crippen LogP contribution in [-0.2, 0) is 14.3 Å². The van der Waals surface area contributed by atoms with E-state index in [1.165, 1.54) is 20.1 Å². The Morgan fingerprint density at radius 2 is 1.83 bits per heavy atom. The van der Waals surface area contributed by atoms with E-state index in [4.69, 9.17) is 13.9 Å². The zero-order valence-electron chi connectivity index (χ0n) is 19.1. The van der Waals surface area contributed by atoms with Crippen LogP contribution in [0.2, 0.25) is 0 Å². The molecule has 35 heavy (non-hydrogen) atoms. The third-order valence-corrected chi connectivity index (χ3v) is 5.68. The van der Waals surface area contributed by atoms with Crippen molar-refractivity contribution in [1.82, 2.24) is 4.98 Å². The Balaban J connectivity index is 1.30. The smallest absolute Gasteiger partial charge is 0.331 e. The summed E-state index contributed by atoms with van der Waals surface area (Å²) in [5.74, 6) is -0.660. The number of aromatic nitrogens is 1. The van der Waals surface area contributed by atoms with Crippen LogP contribution in [0.15, 0.2) is 83.4 Å². The maximum atomic E-state index is 12.8. The van der Waals surface area contributed by atoms with E-state index >= 15 is 0 Å². The van der Waals surface area contributed by atoms with Crippen molar-refractivity contribution < 1.29 is 23.5 Å². The summed E-state index contributed by atoms with van der Waals surface area (Å²) < 4.78 is 16.7. The molecule has 174 valence electrons. The SMILES string of the molecule is COc1cc2c(cc1NC(=O)C(C)OC(=O)/C=C/c1cccc3cccnc13)oc1ccccc12. The molecule has 7 nitrogen and oxygen atoms in total. The molecule has 5 aromatic rings. The van der Waals surface area contributed by atoms with Crippen LogP contribution < -0.4 is 10.1 Å². The van der Waals surface area contributed by atoms with E-state index in [2.05, 4.69) is 10.3 Å². The zero-order chi connectivity index (χ0) is 24.4. The summed E-state index contributed by atoms with van der Waals surface area (Å²) in [7, 11) is 1.52. The first-order chi connectivity index (χ1) is 17.0. The number of furan rings is 1. The van der Waals surface area contributed by atoms with Gasteiger partial charge in [-0.1, -0.05) is 42.5 Å². The average molecular weight is 466 g/mol. The maximum Gasteiger partial charge on any atom is 0.331 e. The summed E-state index contributed by atoms with van der Waals surface area (Å²) in [6.45, 7) is 1.51. The molecule has 0 aliphatic carbocycles. The van der Waals surface area contributed by atoms with Gasteiger partial charge in [0.2, 0.25) is 0 Å². The van der Waals surface area contributed by atoms with Gasteiger partial charge < -0.3 is 19.2 Å². The van der Waals surface area contributed by atoms with E-state index < -0.39 is 18.0 Å². The van der Waals surface area contributed by atoms with Crippen molar-refractivity contribution in [2.24, 2.45) is 0 Å². The Morgan fingerprint density at radius 3 is 2.69 bits per heavy atom. The van der Waals surface area contributed by atoms with Crippen molar-refractivity contribution in [3.63, 3.8) is 0 Å². The van der Waals surface area contributed by atoms with E-state index in [0.717, 1.165) is 32.8 Å². The zero-order valence-corrected chi connectivity index (χ0v) is 19.1. The van der Waals surface area contributed by atoms with E-state index in [1.54, 1.807) is 18.3 Å². The lowest BCUT2D eigenvalue weighted by molar-refractivity contribution is -0.148. The molecule has 0 bridgehead atoms. The first-order valence-corrected chi connectivity index (χ1v) is 11.1. The highest BCUT2D eigenvalue weighted by molar-refractivity contribution is 6.08. The number of para-hydroxylation sites is 2. The number of nitrogens with one attached hydrogen (secondary N) is 1. The topological polar surface area (TPSA) is 90.7 Å². The van der Waals surface area contributed by atoms with Crippen LogP contribution in [-0.4, -0.2) is 30.1 Å². The predicted molar refractivity (Wildman–Crippen MR) is 135 cm³/mol. The quantitative estimate of drug-likeness (QED) is 0.254. The second kappa shape index (κ2) is 9.30. The first-order valence-electron chi connectivity index (χ1n) is 11.1. The van der Waals surface area contributed by atoms with Crippen molar-refractivity contribution in [2.45, 2.75) is 13.0 Å². The summed E-state index contributed by atoms with van der Waals surface area (Å²) in [5.41, 5.74) is 3.32. The van der Waals surface area contributed by atoms with Crippen LogP contribution in [0.25, 0.3) is 38.9 Å². The van der Waals surface area contributed by atoms with Gasteiger partial charge in [0.1, 0.15) is 16.9 Å². The number of amides is 1. The molecule has 7 heteroatoms. The second-order valence-electron chi connectivity index (χ2n) is 7.97. The number of hydrogen-bond acceptors (Lipinski definition) is 6. The Morgan fingerprint density at radius 1 is 1.00 bits per heavy atom. The van der Waals surface area contributed by atoms with Crippen molar-refractivity contribution in [3.8, 4) is 5.75 Å². The molecule has 3 aromatic carbocycles. The Bertz CT molecular complexity index is 1600. The third-order valence-electron chi connectivity index (χ3n) is 5.68. The number of nitrogens with zero attached hydrogens (tertiary/aromatic N) is 1. The van der Waals surface area contributed by atoms with Crippen LogP contribution in [0.3, 0.4) is 0 Å². The highest BCUT2D eigenvalue weighted by Gasteiger charge is 2.20. The molecule has 5 rings (SSSR count). The lowest BCUT2D eigenvalue weighted by Gasteiger charge is -2.14. The number of hydrogen-bond donors (Lipinski definition) is 1. The molecule has 1 amide bonds. The number of benzene rings is 3. The molecule has 0 saturated heterocycles. The number of anilines is 1. The standard InChI is InChI=1S/C28H22N2O5/c1-17(34-26(31)13-12-19-8-5-7-18-9-6-14-29-27(18)19)28(32)30-22-16-24-21(15-25(22)33-2)20-10-3-4-11-23(20)35-24/h3-17H,1-2H3,(H,30,32)/b13-12+. The summed E-state index contributed by atoms with van der Waals surface area (Å²) in [4.78, 5) is 29.5. The fourth-order valence-electron chi connectivity index (χ4n) is 3.94. The summed E-state index contributed by atoms with van der Waals surface area (Å²) >= 11 is 0. The highest BCUT2D eigenvalue weighted by atomic mass is 16.5. The monoisotopic (exact) mass is 466 g/mol. The molecule has 1 unspecified atom stereocenters. The van der Waals surface area contributed by atoms with Crippen LogP contribution in [0.5, 0.6) is 5.75 Å². The van der Waals surface area contributed by atoms with Gasteiger partial charge >= 0.3 is 5.97 Å². The molecular formula is C28H22N2O5. The van der Waals surface area contributed by atoms with Crippen LogP contribution in [0.1, 0.15) is 12.5 Å². The Hall–Kier alpha value is -4.65. The van der Waals surface area contributed by atoms with Crippen molar-refractivity contribution in [2.75, 3.05) is 12.4 Å². The number of carbonyl (C=O) groups excluding carboxylic acids is 2. The van der Waals surface area contributed by atoms with Gasteiger partial charge in [0.25, 0.3) is 5.91 Å². The number of methoxy groups -OCH3 is 1. The highest BCUT2D eigenvalue weighted by Crippen LogP contribution is 2.36. The normalized spacial score (nSPS) is 12.3. The minimum absolute atomic E-state index is 0.421.